The number of amides is 1. The van der Waals surface area contributed by atoms with Gasteiger partial charge in [0.15, 0.2) is 12.0 Å². The van der Waals surface area contributed by atoms with Gasteiger partial charge in [0.2, 0.25) is 11.9 Å². The second kappa shape index (κ2) is 6.07. The second-order valence-corrected chi connectivity index (χ2v) is 8.57. The number of carbonyl (C=O) groups excluding carboxylic acids is 1. The summed E-state index contributed by atoms with van der Waals surface area (Å²) in [5.41, 5.74) is -0.985. The number of aromatic amines is 1. The third kappa shape index (κ3) is 3.24. The van der Waals surface area contributed by atoms with Crippen molar-refractivity contribution < 1.29 is 9.53 Å². The fourth-order valence-electron chi connectivity index (χ4n) is 2.47. The highest BCUT2D eigenvalue weighted by Crippen LogP contribution is 2.37. The van der Waals surface area contributed by atoms with Gasteiger partial charge in [-0.2, -0.15) is 4.98 Å². The van der Waals surface area contributed by atoms with Crippen molar-refractivity contribution >= 4 is 53.1 Å². The summed E-state index contributed by atoms with van der Waals surface area (Å²) in [6, 6.07) is 0. The number of thiocarbonyl (C=S) groups is 1. The zero-order valence-electron chi connectivity index (χ0n) is 15.1. The summed E-state index contributed by atoms with van der Waals surface area (Å²) in [6.45, 7) is 9.00. The first kappa shape index (κ1) is 18.9. The van der Waals surface area contributed by atoms with E-state index in [1.807, 2.05) is 13.8 Å². The van der Waals surface area contributed by atoms with Crippen molar-refractivity contribution in [3.8, 4) is 0 Å². The summed E-state index contributed by atoms with van der Waals surface area (Å²) in [7, 11) is 0. The summed E-state index contributed by atoms with van der Waals surface area (Å²) >= 11 is 9.87. The summed E-state index contributed by atoms with van der Waals surface area (Å²) in [5, 5.41) is 8.69. The van der Waals surface area contributed by atoms with Gasteiger partial charge in [-0.15, -0.1) is 12.6 Å². The van der Waals surface area contributed by atoms with Crippen LogP contribution in [0.2, 0.25) is 0 Å². The normalized spacial score (nSPS) is 21.3. The highest BCUT2D eigenvalue weighted by molar-refractivity contribution is 7.90. The minimum atomic E-state index is -0.697. The number of hydrogen-bond acceptors (Lipinski definition) is 8. The van der Waals surface area contributed by atoms with Crippen LogP contribution in [0.5, 0.6) is 0 Å². The number of fused-ring (bicyclic) bond motifs is 2. The lowest BCUT2D eigenvalue weighted by molar-refractivity contribution is -0.123. The molecule has 0 spiro atoms. The number of rotatable bonds is 1. The van der Waals surface area contributed by atoms with Crippen molar-refractivity contribution in [1.29, 1.82) is 0 Å². The number of aromatic nitrogens is 2. The SMILES string of the molecule is CC(C)(C)C(=O)Nc1nc2c(c(=O)[nH]1)NC1=C(S)C(=S)C(C)(C)OC1N2. The molecule has 3 rings (SSSR count). The maximum Gasteiger partial charge on any atom is 0.278 e. The summed E-state index contributed by atoms with van der Waals surface area (Å²) < 4.78 is 5.97. The van der Waals surface area contributed by atoms with Gasteiger partial charge in [0, 0.05) is 10.3 Å². The first-order valence-electron chi connectivity index (χ1n) is 8.05. The van der Waals surface area contributed by atoms with Crippen LogP contribution in [0.4, 0.5) is 17.5 Å². The summed E-state index contributed by atoms with van der Waals surface area (Å²) in [4.78, 5) is 32.5. The molecule has 26 heavy (non-hydrogen) atoms. The first-order valence-corrected chi connectivity index (χ1v) is 8.91. The van der Waals surface area contributed by atoms with E-state index in [-0.39, 0.29) is 23.4 Å². The molecule has 0 aliphatic carbocycles. The zero-order valence-corrected chi connectivity index (χ0v) is 16.8. The molecule has 0 fully saturated rings. The molecule has 8 nitrogen and oxygen atoms in total. The van der Waals surface area contributed by atoms with Crippen molar-refractivity contribution in [1.82, 2.24) is 9.97 Å². The number of hydrogen-bond donors (Lipinski definition) is 5. The maximum absolute atomic E-state index is 12.4. The van der Waals surface area contributed by atoms with Gasteiger partial charge in [0.25, 0.3) is 5.56 Å². The molecule has 140 valence electrons. The van der Waals surface area contributed by atoms with Gasteiger partial charge in [0.05, 0.1) is 10.6 Å². The van der Waals surface area contributed by atoms with Crippen LogP contribution in [0.25, 0.3) is 0 Å². The van der Waals surface area contributed by atoms with Crippen LogP contribution in [0.3, 0.4) is 0 Å². The Bertz CT molecular complexity index is 898. The van der Waals surface area contributed by atoms with Crippen LogP contribution < -0.4 is 21.5 Å². The van der Waals surface area contributed by atoms with Crippen molar-refractivity contribution in [3.05, 3.63) is 21.0 Å². The van der Waals surface area contributed by atoms with E-state index in [9.17, 15) is 9.59 Å². The summed E-state index contributed by atoms with van der Waals surface area (Å²) in [6.07, 6.45) is -0.586. The number of anilines is 3. The zero-order chi connectivity index (χ0) is 19.4. The van der Waals surface area contributed by atoms with Gasteiger partial charge in [-0.3, -0.25) is 19.9 Å². The predicted octanol–water partition coefficient (Wildman–Crippen LogP) is 2.24. The number of H-pyrrole nitrogens is 1. The molecule has 1 atom stereocenters. The molecule has 1 amide bonds. The Kier molecular flexibility index (Phi) is 4.40. The Labute approximate surface area is 161 Å². The molecule has 10 heteroatoms. The summed E-state index contributed by atoms with van der Waals surface area (Å²) in [5.74, 6) is 0.0755. The standard InChI is InChI=1S/C16H21N5O3S2/c1-15(2,3)13(23)21-14-19-10-7(11(22)20-14)17-6-8(25)9(26)16(4,5)24-12(6)18-10/h12,17,25H,1-5H3,(H3,18,19,20,21,22,23). The van der Waals surface area contributed by atoms with E-state index in [1.165, 1.54) is 0 Å². The molecule has 0 saturated heterocycles. The Balaban J connectivity index is 1.98. The lowest BCUT2D eigenvalue weighted by Crippen LogP contribution is -2.50. The Morgan fingerprint density at radius 2 is 2.04 bits per heavy atom. The number of nitrogens with zero attached hydrogens (tertiary/aromatic N) is 1. The van der Waals surface area contributed by atoms with Crippen LogP contribution in [0.15, 0.2) is 15.4 Å². The maximum atomic E-state index is 12.4. The van der Waals surface area contributed by atoms with E-state index >= 15 is 0 Å². The van der Waals surface area contributed by atoms with E-state index in [1.54, 1.807) is 20.8 Å². The number of ether oxygens (including phenoxy) is 1. The lowest BCUT2D eigenvalue weighted by Gasteiger charge is -2.41. The molecular weight excluding hydrogens is 374 g/mol. The van der Waals surface area contributed by atoms with Crippen LogP contribution >= 0.6 is 24.8 Å². The van der Waals surface area contributed by atoms with Gasteiger partial charge in [0.1, 0.15) is 11.3 Å². The van der Waals surface area contributed by atoms with Gasteiger partial charge in [-0.25, -0.2) is 0 Å². The fraction of sp³-hybridized carbons (Fsp3) is 0.500. The molecule has 3 heterocycles. The van der Waals surface area contributed by atoms with Crippen molar-refractivity contribution in [2.24, 2.45) is 5.41 Å². The average molecular weight is 396 g/mol. The van der Waals surface area contributed by atoms with E-state index in [0.717, 1.165) is 0 Å². The quantitative estimate of drug-likeness (QED) is 0.367. The molecule has 0 radical (unpaired) electrons. The fourth-order valence-corrected chi connectivity index (χ4v) is 3.07. The molecule has 2 aliphatic rings. The predicted molar refractivity (Wildman–Crippen MR) is 108 cm³/mol. The topological polar surface area (TPSA) is 108 Å². The van der Waals surface area contributed by atoms with E-state index in [2.05, 4.69) is 38.5 Å². The van der Waals surface area contributed by atoms with Crippen LogP contribution in [0, 0.1) is 5.41 Å². The minimum Gasteiger partial charge on any atom is -0.347 e. The van der Waals surface area contributed by atoms with Gasteiger partial charge >= 0.3 is 0 Å². The second-order valence-electron chi connectivity index (χ2n) is 7.71. The molecule has 4 N–H and O–H groups in total. The minimum absolute atomic E-state index is 0.0621. The van der Waals surface area contributed by atoms with Crippen molar-refractivity contribution in [2.45, 2.75) is 46.4 Å². The molecule has 1 aromatic heterocycles. The van der Waals surface area contributed by atoms with Gasteiger partial charge in [-0.1, -0.05) is 33.0 Å². The van der Waals surface area contributed by atoms with E-state index in [0.29, 0.717) is 15.5 Å². The van der Waals surface area contributed by atoms with E-state index < -0.39 is 22.8 Å². The largest absolute Gasteiger partial charge is 0.347 e. The smallest absolute Gasteiger partial charge is 0.278 e. The van der Waals surface area contributed by atoms with Crippen LogP contribution in [-0.4, -0.2) is 32.6 Å². The average Bonchev–Trinajstić information content (AvgIpc) is 2.50. The first-order chi connectivity index (χ1) is 11.9. The molecule has 0 bridgehead atoms. The van der Waals surface area contributed by atoms with Gasteiger partial charge < -0.3 is 15.4 Å². The van der Waals surface area contributed by atoms with Crippen molar-refractivity contribution in [2.75, 3.05) is 16.0 Å². The monoisotopic (exact) mass is 395 g/mol. The Morgan fingerprint density at radius 1 is 1.38 bits per heavy atom. The third-order valence-electron chi connectivity index (χ3n) is 4.05. The molecular formula is C16H21N5O3S2. The highest BCUT2D eigenvalue weighted by atomic mass is 32.1. The van der Waals surface area contributed by atoms with Gasteiger partial charge in [-0.05, 0) is 13.8 Å². The lowest BCUT2D eigenvalue weighted by atomic mass is 9.96. The molecule has 0 aromatic carbocycles. The Morgan fingerprint density at radius 3 is 2.65 bits per heavy atom. The molecule has 0 saturated carbocycles. The molecule has 1 aromatic rings. The highest BCUT2D eigenvalue weighted by Gasteiger charge is 2.41. The number of thiol groups is 1. The number of carbonyl (C=O) groups is 1. The Hall–Kier alpha value is -1.91. The third-order valence-corrected chi connectivity index (χ3v) is 5.36. The molecule has 1 unspecified atom stereocenters. The van der Waals surface area contributed by atoms with Crippen molar-refractivity contribution in [3.63, 3.8) is 0 Å². The number of nitrogens with one attached hydrogen (secondary N) is 4. The van der Waals surface area contributed by atoms with Crippen LogP contribution in [0.1, 0.15) is 34.6 Å². The van der Waals surface area contributed by atoms with Crippen LogP contribution in [-0.2, 0) is 9.53 Å². The van der Waals surface area contributed by atoms with E-state index in [4.69, 9.17) is 17.0 Å². The molecule has 2 aliphatic heterocycles.